The molecule has 0 aromatic rings. The van der Waals surface area contributed by atoms with Crippen LogP contribution in [0.5, 0.6) is 0 Å². The normalized spacial score (nSPS) is 26.6. The van der Waals surface area contributed by atoms with Gasteiger partial charge in [-0.1, -0.05) is 16.3 Å². The third kappa shape index (κ3) is 0.832. The van der Waals surface area contributed by atoms with Crippen molar-refractivity contribution < 1.29 is 4.70 Å². The van der Waals surface area contributed by atoms with Gasteiger partial charge in [0.25, 0.3) is 0 Å². The van der Waals surface area contributed by atoms with Crippen LogP contribution in [0.25, 0.3) is 0 Å². The lowest BCUT2D eigenvalue weighted by atomic mass is 10.2. The van der Waals surface area contributed by atoms with Gasteiger partial charge in [-0.15, -0.1) is 0 Å². The third-order valence-electron chi connectivity index (χ3n) is 1.19. The first kappa shape index (κ1) is 5.22. The first-order valence-electron chi connectivity index (χ1n) is 2.65. The van der Waals surface area contributed by atoms with Gasteiger partial charge in [-0.25, -0.2) is 0 Å². The zero-order valence-electron chi connectivity index (χ0n) is 4.83. The standard InChI is InChI=1S/C6H9N2/c1-6-4-2-3-5-8(6)7/h2-7H,1H3/q+1. The van der Waals surface area contributed by atoms with E-state index in [1.807, 2.05) is 25.2 Å². The molecule has 1 aliphatic heterocycles. The molecule has 0 saturated heterocycles. The fraction of sp³-hybridized carbons (Fsp3) is 0.333. The van der Waals surface area contributed by atoms with Crippen molar-refractivity contribution in [3.63, 3.8) is 0 Å². The summed E-state index contributed by atoms with van der Waals surface area (Å²) in [6, 6.07) is 0.236. The Morgan fingerprint density at radius 1 is 1.50 bits per heavy atom. The summed E-state index contributed by atoms with van der Waals surface area (Å²) in [4.78, 5) is 0. The minimum Gasteiger partial charge on any atom is -0.0925 e. The molecule has 0 aliphatic carbocycles. The molecule has 2 nitrogen and oxygen atoms in total. The van der Waals surface area contributed by atoms with Crippen LogP contribution < -0.4 is 0 Å². The van der Waals surface area contributed by atoms with Gasteiger partial charge in [0, 0.05) is 13.0 Å². The quantitative estimate of drug-likeness (QED) is 0.456. The second-order valence-electron chi connectivity index (χ2n) is 1.87. The molecule has 0 amide bonds. The highest BCUT2D eigenvalue weighted by molar-refractivity contribution is 5.04. The van der Waals surface area contributed by atoms with E-state index >= 15 is 0 Å². The van der Waals surface area contributed by atoms with Gasteiger partial charge in [-0.3, -0.25) is 0 Å². The van der Waals surface area contributed by atoms with Crippen LogP contribution >= 0.6 is 0 Å². The maximum absolute atomic E-state index is 7.17. The average molecular weight is 109 g/mol. The first-order valence-corrected chi connectivity index (χ1v) is 2.65. The van der Waals surface area contributed by atoms with Crippen LogP contribution in [-0.2, 0) is 0 Å². The molecule has 2 heteroatoms. The molecule has 0 fully saturated rings. The Hall–Kier alpha value is -0.920. The molecule has 1 unspecified atom stereocenters. The summed E-state index contributed by atoms with van der Waals surface area (Å²) in [6.07, 6.45) is 7.53. The summed E-state index contributed by atoms with van der Waals surface area (Å²) in [5.41, 5.74) is 7.17. The highest BCUT2D eigenvalue weighted by atomic mass is 15.2. The van der Waals surface area contributed by atoms with Crippen LogP contribution in [0, 0.1) is 5.53 Å². The van der Waals surface area contributed by atoms with E-state index in [0.29, 0.717) is 0 Å². The number of rotatable bonds is 0. The topological polar surface area (TPSA) is 26.9 Å². The fourth-order valence-electron chi connectivity index (χ4n) is 0.596. The van der Waals surface area contributed by atoms with Gasteiger partial charge in [-0.05, 0) is 6.08 Å². The van der Waals surface area contributed by atoms with Crippen molar-refractivity contribution in [1.29, 1.82) is 5.53 Å². The molecule has 1 heterocycles. The summed E-state index contributed by atoms with van der Waals surface area (Å²) in [7, 11) is 0. The van der Waals surface area contributed by atoms with Crippen molar-refractivity contribution in [2.45, 2.75) is 13.0 Å². The van der Waals surface area contributed by atoms with Crippen molar-refractivity contribution in [3.05, 3.63) is 24.4 Å². The van der Waals surface area contributed by atoms with Crippen LogP contribution in [0.4, 0.5) is 0 Å². The molecule has 0 saturated carbocycles. The molecule has 1 rings (SSSR count). The lowest BCUT2D eigenvalue weighted by molar-refractivity contribution is -0.574. The third-order valence-corrected chi connectivity index (χ3v) is 1.19. The predicted molar refractivity (Wildman–Crippen MR) is 30.7 cm³/mol. The molecule has 0 aromatic heterocycles. The molecule has 0 bridgehead atoms. The molecule has 8 heavy (non-hydrogen) atoms. The van der Waals surface area contributed by atoms with Gasteiger partial charge in [0.05, 0.1) is 0 Å². The molecule has 42 valence electrons. The van der Waals surface area contributed by atoms with Gasteiger partial charge >= 0.3 is 0 Å². The lowest BCUT2D eigenvalue weighted by Crippen LogP contribution is -2.13. The van der Waals surface area contributed by atoms with E-state index in [0.717, 1.165) is 0 Å². The number of nitrogens with one attached hydrogen (secondary N) is 1. The van der Waals surface area contributed by atoms with E-state index < -0.39 is 0 Å². The summed E-state index contributed by atoms with van der Waals surface area (Å²) in [5, 5.41) is 0. The summed E-state index contributed by atoms with van der Waals surface area (Å²) in [5.74, 6) is 0. The van der Waals surface area contributed by atoms with Crippen molar-refractivity contribution in [1.82, 2.24) is 0 Å². The van der Waals surface area contributed by atoms with Crippen LogP contribution in [-0.4, -0.2) is 10.7 Å². The van der Waals surface area contributed by atoms with Crippen LogP contribution in [0.1, 0.15) is 6.92 Å². The Balaban J connectivity index is 2.74. The second-order valence-corrected chi connectivity index (χ2v) is 1.87. The van der Waals surface area contributed by atoms with Gasteiger partial charge in [-0.2, -0.15) is 0 Å². The van der Waals surface area contributed by atoms with E-state index in [4.69, 9.17) is 5.53 Å². The summed E-state index contributed by atoms with van der Waals surface area (Å²) < 4.78 is 1.42. The highest BCUT2D eigenvalue weighted by Crippen LogP contribution is 1.98. The zero-order chi connectivity index (χ0) is 5.98. The van der Waals surface area contributed by atoms with Gasteiger partial charge in [0.15, 0.2) is 12.2 Å². The molecule has 1 aliphatic rings. The molecule has 0 aromatic carbocycles. The number of hydrogen-bond donors (Lipinski definition) is 1. The molecule has 1 atom stereocenters. The SMILES string of the molecule is CC1C=CC=C[N+]1=N. The summed E-state index contributed by atoms with van der Waals surface area (Å²) >= 11 is 0. The Morgan fingerprint density at radius 2 is 2.25 bits per heavy atom. The largest absolute Gasteiger partial charge is 0.199 e. The van der Waals surface area contributed by atoms with E-state index in [9.17, 15) is 0 Å². The van der Waals surface area contributed by atoms with E-state index in [-0.39, 0.29) is 6.04 Å². The number of nitrogens with zero attached hydrogens (tertiary/aromatic N) is 1. The molecule has 0 radical (unpaired) electrons. The van der Waals surface area contributed by atoms with Gasteiger partial charge < -0.3 is 0 Å². The van der Waals surface area contributed by atoms with E-state index in [1.54, 1.807) is 6.20 Å². The number of hydrogen-bond acceptors (Lipinski definition) is 1. The summed E-state index contributed by atoms with van der Waals surface area (Å²) in [6.45, 7) is 1.98. The van der Waals surface area contributed by atoms with Gasteiger partial charge in [0.2, 0.25) is 0 Å². The van der Waals surface area contributed by atoms with Crippen LogP contribution in [0.3, 0.4) is 0 Å². The van der Waals surface area contributed by atoms with Crippen molar-refractivity contribution in [3.8, 4) is 0 Å². The molecule has 0 spiro atoms. The molecular weight excluding hydrogens is 100 g/mol. The first-order chi connectivity index (χ1) is 3.80. The minimum absolute atomic E-state index is 0.236. The van der Waals surface area contributed by atoms with Crippen molar-refractivity contribution >= 4 is 0 Å². The zero-order valence-corrected chi connectivity index (χ0v) is 4.83. The maximum atomic E-state index is 7.17. The minimum atomic E-state index is 0.236. The maximum Gasteiger partial charge on any atom is 0.199 e. The Bertz CT molecular complexity index is 156. The smallest absolute Gasteiger partial charge is 0.0925 e. The van der Waals surface area contributed by atoms with Crippen molar-refractivity contribution in [2.24, 2.45) is 0 Å². The molecular formula is C6H9N2+. The number of allylic oxidation sites excluding steroid dienone is 2. The monoisotopic (exact) mass is 109 g/mol. The highest BCUT2D eigenvalue weighted by Gasteiger charge is 2.09. The Kier molecular flexibility index (Phi) is 1.24. The lowest BCUT2D eigenvalue weighted by Gasteiger charge is -1.98. The van der Waals surface area contributed by atoms with Crippen LogP contribution in [0.15, 0.2) is 24.4 Å². The Morgan fingerprint density at radius 3 is 2.62 bits per heavy atom. The molecule has 1 N–H and O–H groups in total. The predicted octanol–water partition coefficient (Wildman–Crippen LogP) is 1.50. The fourth-order valence-corrected chi connectivity index (χ4v) is 0.596. The average Bonchev–Trinajstić information content (AvgIpc) is 1.77. The van der Waals surface area contributed by atoms with Crippen molar-refractivity contribution in [2.75, 3.05) is 0 Å². The van der Waals surface area contributed by atoms with E-state index in [1.165, 1.54) is 4.70 Å². The Labute approximate surface area is 48.6 Å². The van der Waals surface area contributed by atoms with Gasteiger partial charge in [0.1, 0.15) is 0 Å². The van der Waals surface area contributed by atoms with E-state index in [2.05, 4.69) is 0 Å². The second kappa shape index (κ2) is 1.90. The van der Waals surface area contributed by atoms with Crippen LogP contribution in [0.2, 0.25) is 0 Å².